The predicted molar refractivity (Wildman–Crippen MR) is 133 cm³/mol. The lowest BCUT2D eigenvalue weighted by Crippen LogP contribution is -2.28. The zero-order valence-electron chi connectivity index (χ0n) is 20.9. The molecule has 1 aliphatic heterocycles. The molecular formula is C26H33F2N5O2. The summed E-state index contributed by atoms with van der Waals surface area (Å²) in [6.07, 6.45) is 1.85. The third-order valence-electron chi connectivity index (χ3n) is 6.73. The molecular weight excluding hydrogens is 452 g/mol. The fraction of sp³-hybridized carbons (Fsp3) is 0.500. The van der Waals surface area contributed by atoms with E-state index in [2.05, 4.69) is 45.4 Å². The molecule has 0 aliphatic carbocycles. The number of hydrogen-bond donors (Lipinski definition) is 1. The van der Waals surface area contributed by atoms with Crippen LogP contribution >= 0.6 is 0 Å². The molecule has 1 N–H and O–H groups in total. The lowest BCUT2D eigenvalue weighted by molar-refractivity contribution is -0.0698. The third-order valence-corrected chi connectivity index (χ3v) is 6.73. The summed E-state index contributed by atoms with van der Waals surface area (Å²) in [5, 5.41) is 12.8. The zero-order chi connectivity index (χ0) is 25.2. The number of halogens is 2. The van der Waals surface area contributed by atoms with Gasteiger partial charge < -0.3 is 19.7 Å². The van der Waals surface area contributed by atoms with Crippen molar-refractivity contribution in [3.63, 3.8) is 0 Å². The molecule has 188 valence electrons. The molecule has 35 heavy (non-hydrogen) atoms. The van der Waals surface area contributed by atoms with Crippen molar-refractivity contribution in [2.75, 3.05) is 50.7 Å². The van der Waals surface area contributed by atoms with Gasteiger partial charge >= 0.3 is 0 Å². The molecule has 0 saturated carbocycles. The van der Waals surface area contributed by atoms with Crippen molar-refractivity contribution < 1.29 is 18.3 Å². The normalized spacial score (nSPS) is 19.2. The Morgan fingerprint density at radius 1 is 1.26 bits per heavy atom. The molecule has 2 aromatic heterocycles. The average molecular weight is 486 g/mol. The van der Waals surface area contributed by atoms with Gasteiger partial charge in [0.1, 0.15) is 6.61 Å². The summed E-state index contributed by atoms with van der Waals surface area (Å²) in [5.41, 5.74) is 3.09. The molecule has 1 aromatic carbocycles. The highest BCUT2D eigenvalue weighted by atomic mass is 19.3. The molecule has 1 aliphatic rings. The minimum Gasteiger partial charge on any atom is -0.381 e. The first-order chi connectivity index (χ1) is 16.7. The number of pyridine rings is 1. The Labute approximate surface area is 204 Å². The summed E-state index contributed by atoms with van der Waals surface area (Å²) in [6, 6.07) is 8.14. The lowest BCUT2D eigenvalue weighted by atomic mass is 9.97. The molecule has 1 saturated heterocycles. The first-order valence-corrected chi connectivity index (χ1v) is 11.8. The van der Waals surface area contributed by atoms with Gasteiger partial charge in [0.05, 0.1) is 35.7 Å². The van der Waals surface area contributed by atoms with Crippen LogP contribution in [0.1, 0.15) is 36.7 Å². The first-order valence-electron chi connectivity index (χ1n) is 11.8. The van der Waals surface area contributed by atoms with Crippen molar-refractivity contribution in [1.29, 1.82) is 0 Å². The van der Waals surface area contributed by atoms with Crippen molar-refractivity contribution in [3.8, 4) is 0 Å². The number of nitrogens with one attached hydrogen (secondary N) is 1. The fourth-order valence-electron chi connectivity index (χ4n) is 4.45. The van der Waals surface area contributed by atoms with E-state index >= 15 is 0 Å². The van der Waals surface area contributed by atoms with Crippen molar-refractivity contribution >= 4 is 22.4 Å². The number of fused-ring (bicyclic) bond motifs is 1. The summed E-state index contributed by atoms with van der Waals surface area (Å²) in [6.45, 7) is 7.77. The minimum absolute atomic E-state index is 0.0824. The number of rotatable bonds is 9. The topological polar surface area (TPSA) is 72.4 Å². The second-order valence-electron chi connectivity index (χ2n) is 9.51. The molecule has 7 nitrogen and oxygen atoms in total. The number of methoxy groups -OCH3 is 1. The van der Waals surface area contributed by atoms with E-state index in [-0.39, 0.29) is 11.6 Å². The third kappa shape index (κ3) is 5.51. The Balaban J connectivity index is 1.60. The number of benzene rings is 1. The highest BCUT2D eigenvalue weighted by molar-refractivity contribution is 5.92. The van der Waals surface area contributed by atoms with Crippen LogP contribution in [0.2, 0.25) is 0 Å². The molecule has 1 fully saturated rings. The van der Waals surface area contributed by atoms with Crippen LogP contribution in [0.15, 0.2) is 36.5 Å². The van der Waals surface area contributed by atoms with E-state index in [1.165, 1.54) is 19.2 Å². The largest absolute Gasteiger partial charge is 0.381 e. The maximum absolute atomic E-state index is 14.4. The van der Waals surface area contributed by atoms with Crippen LogP contribution in [-0.2, 0) is 15.4 Å². The van der Waals surface area contributed by atoms with E-state index in [1.54, 1.807) is 6.07 Å². The summed E-state index contributed by atoms with van der Waals surface area (Å²) in [7, 11) is 3.32. The van der Waals surface area contributed by atoms with Gasteiger partial charge in [0.25, 0.3) is 5.92 Å². The van der Waals surface area contributed by atoms with Gasteiger partial charge in [-0.05, 0) is 37.5 Å². The standard InChI is InChI=1S/C26H33F2N5O2/c1-16-13-35-14-20(16)12-33(4)22-10-23-24(29-11-22)18(3)31-32-25(23)30-17(2)19-7-6-8-21(9-19)26(27,28)15-34-5/h6-11,16-17,20H,12-15H2,1-5H3,(H,30,32)/t16-,17+,20+/m0/s1. The van der Waals surface area contributed by atoms with E-state index in [0.29, 0.717) is 23.2 Å². The summed E-state index contributed by atoms with van der Waals surface area (Å²) >= 11 is 0. The second-order valence-corrected chi connectivity index (χ2v) is 9.51. The highest BCUT2D eigenvalue weighted by Gasteiger charge is 2.32. The van der Waals surface area contributed by atoms with Crippen LogP contribution in [0.25, 0.3) is 10.9 Å². The van der Waals surface area contributed by atoms with Gasteiger partial charge in [0.2, 0.25) is 0 Å². The number of nitrogens with zero attached hydrogens (tertiary/aromatic N) is 4. The maximum atomic E-state index is 14.4. The Kier molecular flexibility index (Phi) is 7.47. The van der Waals surface area contributed by atoms with Crippen molar-refractivity contribution in [1.82, 2.24) is 15.2 Å². The molecule has 0 bridgehead atoms. The Bertz CT molecular complexity index is 1180. The zero-order valence-corrected chi connectivity index (χ0v) is 20.9. The monoisotopic (exact) mass is 485 g/mol. The van der Waals surface area contributed by atoms with Crippen LogP contribution in [0.3, 0.4) is 0 Å². The number of alkyl halides is 2. The number of hydrogen-bond acceptors (Lipinski definition) is 7. The summed E-state index contributed by atoms with van der Waals surface area (Å²) in [4.78, 5) is 6.86. The molecule has 3 heterocycles. The van der Waals surface area contributed by atoms with Crippen molar-refractivity contribution in [3.05, 3.63) is 53.3 Å². The molecule has 0 unspecified atom stereocenters. The summed E-state index contributed by atoms with van der Waals surface area (Å²) in [5.74, 6) is -1.52. The summed E-state index contributed by atoms with van der Waals surface area (Å²) < 4.78 is 39.1. The molecule has 0 radical (unpaired) electrons. The quantitative estimate of drug-likeness (QED) is 0.459. The van der Waals surface area contributed by atoms with Gasteiger partial charge in [-0.1, -0.05) is 25.1 Å². The molecule has 9 heteroatoms. The molecule has 0 spiro atoms. The van der Waals surface area contributed by atoms with Gasteiger partial charge in [-0.25, -0.2) is 0 Å². The van der Waals surface area contributed by atoms with Crippen LogP contribution in [0.4, 0.5) is 20.3 Å². The SMILES string of the molecule is COCC(F)(F)c1cccc([C@@H](C)Nc2nnc(C)c3ncc(N(C)C[C@@H]4COC[C@@H]4C)cc23)c1. The van der Waals surface area contributed by atoms with Gasteiger partial charge in [-0.3, -0.25) is 4.98 Å². The molecule has 3 atom stereocenters. The van der Waals surface area contributed by atoms with E-state index in [0.717, 1.165) is 42.0 Å². The number of anilines is 2. The Morgan fingerprint density at radius 2 is 2.06 bits per heavy atom. The van der Waals surface area contributed by atoms with E-state index in [1.807, 2.05) is 26.1 Å². The second kappa shape index (κ2) is 10.4. The van der Waals surface area contributed by atoms with Crippen LogP contribution in [0, 0.1) is 18.8 Å². The van der Waals surface area contributed by atoms with Gasteiger partial charge in [-0.15, -0.1) is 5.10 Å². The van der Waals surface area contributed by atoms with Crippen LogP contribution in [0.5, 0.6) is 0 Å². The highest BCUT2D eigenvalue weighted by Crippen LogP contribution is 2.32. The average Bonchev–Trinajstić information content (AvgIpc) is 3.24. The van der Waals surface area contributed by atoms with Crippen LogP contribution < -0.4 is 10.2 Å². The number of aryl methyl sites for hydroxylation is 1. The van der Waals surface area contributed by atoms with E-state index in [4.69, 9.17) is 9.47 Å². The van der Waals surface area contributed by atoms with Crippen molar-refractivity contribution in [2.45, 2.75) is 32.7 Å². The Hall–Kier alpha value is -2.91. The number of aromatic nitrogens is 3. The van der Waals surface area contributed by atoms with E-state index in [9.17, 15) is 8.78 Å². The van der Waals surface area contributed by atoms with Crippen molar-refractivity contribution in [2.24, 2.45) is 11.8 Å². The first kappa shape index (κ1) is 25.2. The molecule has 0 amide bonds. The molecule has 3 aromatic rings. The number of ether oxygens (including phenoxy) is 2. The smallest absolute Gasteiger partial charge is 0.296 e. The van der Waals surface area contributed by atoms with Crippen LogP contribution in [-0.4, -0.2) is 55.7 Å². The minimum atomic E-state index is -3.06. The lowest BCUT2D eigenvalue weighted by Gasteiger charge is -2.25. The van der Waals surface area contributed by atoms with Gasteiger partial charge in [0, 0.05) is 44.2 Å². The Morgan fingerprint density at radius 3 is 2.77 bits per heavy atom. The predicted octanol–water partition coefficient (Wildman–Crippen LogP) is 4.96. The molecule has 4 rings (SSSR count). The van der Waals surface area contributed by atoms with Gasteiger partial charge in [0.15, 0.2) is 5.82 Å². The fourth-order valence-corrected chi connectivity index (χ4v) is 4.45. The van der Waals surface area contributed by atoms with E-state index < -0.39 is 12.5 Å². The maximum Gasteiger partial charge on any atom is 0.296 e. The van der Waals surface area contributed by atoms with Gasteiger partial charge in [-0.2, -0.15) is 13.9 Å².